The van der Waals surface area contributed by atoms with E-state index in [9.17, 15) is 0 Å². The maximum absolute atomic E-state index is 6.08. The molecule has 0 radical (unpaired) electrons. The van der Waals surface area contributed by atoms with E-state index < -0.39 is 0 Å². The van der Waals surface area contributed by atoms with Gasteiger partial charge in [0.15, 0.2) is 0 Å². The Morgan fingerprint density at radius 1 is 0.812 bits per heavy atom. The smallest absolute Gasteiger partial charge is 0.00761 e. The lowest BCUT2D eigenvalue weighted by Crippen LogP contribution is -2.39. The zero-order chi connectivity index (χ0) is 12.6. The summed E-state index contributed by atoms with van der Waals surface area (Å²) in [6, 6.07) is 1.03. The first-order valence-corrected chi connectivity index (χ1v) is 6.47. The van der Waals surface area contributed by atoms with E-state index in [1.54, 1.807) is 0 Å². The van der Waals surface area contributed by atoms with E-state index in [-0.39, 0.29) is 18.1 Å². The maximum Gasteiger partial charge on any atom is 0.00761 e. The largest absolute Gasteiger partial charge is 0.328 e. The first-order chi connectivity index (χ1) is 7.53. The molecule has 7 N–H and O–H groups in total. The fourth-order valence-electron chi connectivity index (χ4n) is 1.99. The number of nitrogens with two attached hydrogens (primary N) is 3. The van der Waals surface area contributed by atoms with Gasteiger partial charge in [0.05, 0.1) is 0 Å². The van der Waals surface area contributed by atoms with Crippen LogP contribution in [0.2, 0.25) is 0 Å². The fraction of sp³-hybridized carbons (Fsp3) is 1.00. The maximum atomic E-state index is 6.08. The van der Waals surface area contributed by atoms with Crippen LogP contribution in [0.1, 0.15) is 46.0 Å². The molecule has 0 aromatic heterocycles. The minimum absolute atomic E-state index is 0.138. The van der Waals surface area contributed by atoms with Gasteiger partial charge >= 0.3 is 0 Å². The van der Waals surface area contributed by atoms with Crippen LogP contribution in [-0.2, 0) is 0 Å². The van der Waals surface area contributed by atoms with Gasteiger partial charge in [-0.25, -0.2) is 0 Å². The van der Waals surface area contributed by atoms with Crippen LogP contribution in [0.3, 0.4) is 0 Å². The van der Waals surface area contributed by atoms with E-state index in [1.807, 2.05) is 7.05 Å². The van der Waals surface area contributed by atoms with Crippen molar-refractivity contribution in [1.82, 2.24) is 5.32 Å². The molecule has 0 spiro atoms. The normalized spacial score (nSPS) is 19.1. The highest BCUT2D eigenvalue weighted by Gasteiger charge is 2.15. The number of hydrogen-bond donors (Lipinski definition) is 4. The van der Waals surface area contributed by atoms with Crippen molar-refractivity contribution >= 4 is 0 Å². The van der Waals surface area contributed by atoms with Gasteiger partial charge in [0.1, 0.15) is 0 Å². The zero-order valence-electron chi connectivity index (χ0n) is 11.1. The molecule has 4 unspecified atom stereocenters. The highest BCUT2D eigenvalue weighted by molar-refractivity contribution is 4.78. The summed E-state index contributed by atoms with van der Waals surface area (Å²) >= 11 is 0. The second-order valence-electron chi connectivity index (χ2n) is 4.79. The fourth-order valence-corrected chi connectivity index (χ4v) is 1.99. The van der Waals surface area contributed by atoms with E-state index in [1.165, 1.54) is 0 Å². The summed E-state index contributed by atoms with van der Waals surface area (Å²) in [4.78, 5) is 0. The van der Waals surface area contributed by atoms with E-state index in [0.29, 0.717) is 6.04 Å². The summed E-state index contributed by atoms with van der Waals surface area (Å²) in [5, 5.41) is 3.26. The van der Waals surface area contributed by atoms with Gasteiger partial charge in [0, 0.05) is 24.2 Å². The van der Waals surface area contributed by atoms with Crippen LogP contribution in [0.5, 0.6) is 0 Å². The molecule has 0 aliphatic carbocycles. The molecule has 4 nitrogen and oxygen atoms in total. The van der Waals surface area contributed by atoms with E-state index in [4.69, 9.17) is 17.2 Å². The second kappa shape index (κ2) is 8.93. The average Bonchev–Trinajstić information content (AvgIpc) is 2.25. The van der Waals surface area contributed by atoms with Crippen molar-refractivity contribution < 1.29 is 0 Å². The third kappa shape index (κ3) is 7.17. The molecule has 0 aliphatic heterocycles. The van der Waals surface area contributed by atoms with Crippen LogP contribution >= 0.6 is 0 Å². The minimum Gasteiger partial charge on any atom is -0.328 e. The Bertz CT molecular complexity index is 159. The van der Waals surface area contributed by atoms with Crippen molar-refractivity contribution in [3.05, 3.63) is 0 Å². The highest BCUT2D eigenvalue weighted by atomic mass is 14.9. The first kappa shape index (κ1) is 15.8. The molecule has 0 bridgehead atoms. The van der Waals surface area contributed by atoms with Crippen LogP contribution < -0.4 is 22.5 Å². The third-order valence-electron chi connectivity index (χ3n) is 3.22. The van der Waals surface area contributed by atoms with Gasteiger partial charge in [-0.2, -0.15) is 0 Å². The predicted octanol–water partition coefficient (Wildman–Crippen LogP) is 0.547. The summed E-state index contributed by atoms with van der Waals surface area (Å²) in [7, 11) is 1.98. The molecule has 0 saturated carbocycles. The molecule has 0 rings (SSSR count). The number of rotatable bonds is 9. The third-order valence-corrected chi connectivity index (χ3v) is 3.22. The summed E-state index contributed by atoms with van der Waals surface area (Å²) in [5.74, 6) is 0. The van der Waals surface area contributed by atoms with E-state index in [0.717, 1.165) is 32.1 Å². The van der Waals surface area contributed by atoms with Gasteiger partial charge in [-0.15, -0.1) is 0 Å². The molecule has 0 amide bonds. The van der Waals surface area contributed by atoms with Crippen molar-refractivity contribution in [3.63, 3.8) is 0 Å². The zero-order valence-corrected chi connectivity index (χ0v) is 11.1. The van der Waals surface area contributed by atoms with Crippen molar-refractivity contribution in [2.24, 2.45) is 17.2 Å². The lowest BCUT2D eigenvalue weighted by atomic mass is 9.95. The van der Waals surface area contributed by atoms with Crippen molar-refractivity contribution in [3.8, 4) is 0 Å². The summed E-state index contributed by atoms with van der Waals surface area (Å²) < 4.78 is 0. The van der Waals surface area contributed by atoms with Crippen LogP contribution in [0.4, 0.5) is 0 Å². The lowest BCUT2D eigenvalue weighted by Gasteiger charge is -2.23. The predicted molar refractivity (Wildman–Crippen MR) is 71.2 cm³/mol. The molecular weight excluding hydrogens is 200 g/mol. The molecule has 4 heteroatoms. The summed E-state index contributed by atoms with van der Waals surface area (Å²) in [6.45, 7) is 4.26. The van der Waals surface area contributed by atoms with Gasteiger partial charge in [0.2, 0.25) is 0 Å². The van der Waals surface area contributed by atoms with Crippen LogP contribution in [0, 0.1) is 0 Å². The molecule has 98 valence electrons. The molecule has 0 saturated heterocycles. The average molecular weight is 230 g/mol. The molecule has 0 aromatic rings. The highest BCUT2D eigenvalue weighted by Crippen LogP contribution is 2.08. The molecule has 0 aromatic carbocycles. The molecule has 16 heavy (non-hydrogen) atoms. The van der Waals surface area contributed by atoms with Gasteiger partial charge in [0.25, 0.3) is 0 Å². The van der Waals surface area contributed by atoms with Crippen LogP contribution in [-0.4, -0.2) is 31.2 Å². The van der Waals surface area contributed by atoms with E-state index in [2.05, 4.69) is 19.2 Å². The molecule has 4 atom stereocenters. The standard InChI is InChI=1S/C12H30N4/c1-4-9(13)6-10(14)7-11(15)8-12(5-2)16-3/h9-12,16H,4-8,13-15H2,1-3H3. The molecule has 0 fully saturated rings. The summed E-state index contributed by atoms with van der Waals surface area (Å²) in [5.41, 5.74) is 18.0. The quantitative estimate of drug-likeness (QED) is 0.465. The molecule has 0 heterocycles. The SMILES string of the molecule is CCC(N)CC(N)CC(N)CC(CC)NC. The number of hydrogen-bond acceptors (Lipinski definition) is 4. The molecular formula is C12H30N4. The minimum atomic E-state index is 0.138. The van der Waals surface area contributed by atoms with Crippen molar-refractivity contribution in [1.29, 1.82) is 0 Å². The van der Waals surface area contributed by atoms with Crippen LogP contribution in [0.15, 0.2) is 0 Å². The van der Waals surface area contributed by atoms with Crippen molar-refractivity contribution in [2.45, 2.75) is 70.1 Å². The summed E-state index contributed by atoms with van der Waals surface area (Å²) in [6.07, 6.45) is 4.82. The van der Waals surface area contributed by atoms with Crippen molar-refractivity contribution in [2.75, 3.05) is 7.05 Å². The van der Waals surface area contributed by atoms with E-state index >= 15 is 0 Å². The monoisotopic (exact) mass is 230 g/mol. The Kier molecular flexibility index (Phi) is 8.84. The first-order valence-electron chi connectivity index (χ1n) is 6.47. The van der Waals surface area contributed by atoms with Gasteiger partial charge in [-0.3, -0.25) is 0 Å². The Morgan fingerprint density at radius 3 is 1.75 bits per heavy atom. The van der Waals surface area contributed by atoms with Gasteiger partial charge in [-0.1, -0.05) is 13.8 Å². The second-order valence-corrected chi connectivity index (χ2v) is 4.79. The van der Waals surface area contributed by atoms with Gasteiger partial charge < -0.3 is 22.5 Å². The Morgan fingerprint density at radius 2 is 1.31 bits per heavy atom. The lowest BCUT2D eigenvalue weighted by molar-refractivity contribution is 0.395. The Balaban J connectivity index is 3.80. The van der Waals surface area contributed by atoms with Gasteiger partial charge in [-0.05, 0) is 39.2 Å². The van der Waals surface area contributed by atoms with Crippen LogP contribution in [0.25, 0.3) is 0 Å². The topological polar surface area (TPSA) is 90.1 Å². The Hall–Kier alpha value is -0.160. The number of nitrogens with one attached hydrogen (secondary N) is 1. The molecule has 0 aliphatic rings. The Labute approximate surface area is 100 Å².